The molecule has 0 aromatic carbocycles. The topological polar surface area (TPSA) is 48.5 Å². The molecule has 20 heavy (non-hydrogen) atoms. The van der Waals surface area contributed by atoms with Crippen molar-refractivity contribution in [3.8, 4) is 0 Å². The van der Waals surface area contributed by atoms with Gasteiger partial charge in [-0.1, -0.05) is 0 Å². The maximum Gasteiger partial charge on any atom is 0.160 e. The number of imidazole rings is 1. The fourth-order valence-corrected chi connectivity index (χ4v) is 2.46. The molecule has 6 heteroatoms. The van der Waals surface area contributed by atoms with E-state index >= 15 is 0 Å². The van der Waals surface area contributed by atoms with Gasteiger partial charge in [-0.15, -0.1) is 11.6 Å². The van der Waals surface area contributed by atoms with Gasteiger partial charge in [0.15, 0.2) is 5.65 Å². The van der Waals surface area contributed by atoms with Crippen molar-refractivity contribution in [2.75, 3.05) is 5.88 Å². The molecule has 5 nitrogen and oxygen atoms in total. The number of pyridine rings is 1. The molecule has 3 heterocycles. The Morgan fingerprint density at radius 3 is 2.75 bits per heavy atom. The summed E-state index contributed by atoms with van der Waals surface area (Å²) in [7, 11) is 1.91. The van der Waals surface area contributed by atoms with Gasteiger partial charge < -0.3 is 4.57 Å². The lowest BCUT2D eigenvalue weighted by atomic mass is 10.3. The van der Waals surface area contributed by atoms with E-state index in [0.29, 0.717) is 12.4 Å². The standard InChI is InChI=1S/C14H16ClN5/c1-10-3-4-12-14(16-10)20(13(17-12)5-7-15)9-11-6-8-19(2)18-11/h3-4,6,8H,5,7,9H2,1-2H3. The zero-order valence-corrected chi connectivity index (χ0v) is 12.3. The molecule has 0 saturated heterocycles. The van der Waals surface area contributed by atoms with Crippen LogP contribution in [0.5, 0.6) is 0 Å². The average molecular weight is 290 g/mol. The normalized spacial score (nSPS) is 11.3. The van der Waals surface area contributed by atoms with Crippen LogP contribution >= 0.6 is 11.6 Å². The van der Waals surface area contributed by atoms with E-state index < -0.39 is 0 Å². The van der Waals surface area contributed by atoms with Gasteiger partial charge in [-0.3, -0.25) is 4.68 Å². The van der Waals surface area contributed by atoms with Crippen molar-refractivity contribution in [2.45, 2.75) is 19.9 Å². The molecule has 0 amide bonds. The minimum Gasteiger partial charge on any atom is -0.307 e. The van der Waals surface area contributed by atoms with Crippen LogP contribution in [0, 0.1) is 6.92 Å². The second-order valence-electron chi connectivity index (χ2n) is 4.83. The summed E-state index contributed by atoms with van der Waals surface area (Å²) in [6, 6.07) is 5.99. The van der Waals surface area contributed by atoms with Crippen LogP contribution in [0.1, 0.15) is 17.2 Å². The summed E-state index contributed by atoms with van der Waals surface area (Å²) < 4.78 is 3.90. The van der Waals surface area contributed by atoms with Crippen molar-refractivity contribution in [3.63, 3.8) is 0 Å². The van der Waals surface area contributed by atoms with Gasteiger partial charge in [-0.05, 0) is 25.1 Å². The van der Waals surface area contributed by atoms with Gasteiger partial charge in [0.1, 0.15) is 11.3 Å². The minimum absolute atomic E-state index is 0.546. The highest BCUT2D eigenvalue weighted by Crippen LogP contribution is 2.17. The van der Waals surface area contributed by atoms with E-state index in [9.17, 15) is 0 Å². The highest BCUT2D eigenvalue weighted by Gasteiger charge is 2.13. The molecule has 3 aromatic heterocycles. The van der Waals surface area contributed by atoms with E-state index in [1.165, 1.54) is 0 Å². The first-order chi connectivity index (χ1) is 9.67. The summed E-state index contributed by atoms with van der Waals surface area (Å²) in [6.07, 6.45) is 2.66. The molecule has 0 N–H and O–H groups in total. The number of aryl methyl sites for hydroxylation is 3. The summed E-state index contributed by atoms with van der Waals surface area (Å²) in [5.41, 5.74) is 3.78. The Balaban J connectivity index is 2.09. The molecular formula is C14H16ClN5. The third kappa shape index (κ3) is 2.41. The van der Waals surface area contributed by atoms with Crippen molar-refractivity contribution in [1.82, 2.24) is 24.3 Å². The van der Waals surface area contributed by atoms with Crippen LogP contribution in [0.15, 0.2) is 24.4 Å². The molecule has 0 fully saturated rings. The van der Waals surface area contributed by atoms with Crippen LogP contribution in [0.3, 0.4) is 0 Å². The lowest BCUT2D eigenvalue weighted by molar-refractivity contribution is 0.690. The van der Waals surface area contributed by atoms with E-state index in [-0.39, 0.29) is 0 Å². The van der Waals surface area contributed by atoms with Gasteiger partial charge in [0.2, 0.25) is 0 Å². The predicted octanol–water partition coefficient (Wildman–Crippen LogP) is 2.30. The Morgan fingerprint density at radius 1 is 1.20 bits per heavy atom. The van der Waals surface area contributed by atoms with Crippen molar-refractivity contribution in [1.29, 1.82) is 0 Å². The first-order valence-corrected chi connectivity index (χ1v) is 7.08. The molecule has 0 aliphatic heterocycles. The number of aromatic nitrogens is 5. The predicted molar refractivity (Wildman–Crippen MR) is 79.0 cm³/mol. The van der Waals surface area contributed by atoms with E-state index in [0.717, 1.165) is 34.8 Å². The fraction of sp³-hybridized carbons (Fsp3) is 0.357. The van der Waals surface area contributed by atoms with Gasteiger partial charge in [0, 0.05) is 31.2 Å². The molecule has 104 valence electrons. The summed E-state index contributed by atoms with van der Waals surface area (Å²) in [5, 5.41) is 4.42. The largest absolute Gasteiger partial charge is 0.307 e. The van der Waals surface area contributed by atoms with Crippen LogP contribution in [0.4, 0.5) is 0 Å². The zero-order valence-electron chi connectivity index (χ0n) is 11.5. The number of alkyl halides is 1. The number of halogens is 1. The van der Waals surface area contributed by atoms with Crippen LogP contribution in [-0.2, 0) is 20.0 Å². The highest BCUT2D eigenvalue weighted by atomic mass is 35.5. The Kier molecular flexibility index (Phi) is 3.44. The molecular weight excluding hydrogens is 274 g/mol. The van der Waals surface area contributed by atoms with E-state index in [1.807, 2.05) is 38.4 Å². The number of rotatable bonds is 4. The molecule has 0 atom stereocenters. The summed E-state index contributed by atoms with van der Waals surface area (Å²) in [5.74, 6) is 1.50. The zero-order chi connectivity index (χ0) is 14.1. The molecule has 0 radical (unpaired) electrons. The maximum atomic E-state index is 5.88. The average Bonchev–Trinajstić information content (AvgIpc) is 2.96. The van der Waals surface area contributed by atoms with Crippen molar-refractivity contribution in [3.05, 3.63) is 41.6 Å². The van der Waals surface area contributed by atoms with Crippen LogP contribution in [0.2, 0.25) is 0 Å². The summed E-state index contributed by atoms with van der Waals surface area (Å²) in [6.45, 7) is 2.65. The number of hydrogen-bond acceptors (Lipinski definition) is 3. The van der Waals surface area contributed by atoms with E-state index in [2.05, 4.69) is 19.6 Å². The van der Waals surface area contributed by atoms with Gasteiger partial charge in [0.25, 0.3) is 0 Å². The second kappa shape index (κ2) is 5.25. The lowest BCUT2D eigenvalue weighted by Crippen LogP contribution is -2.07. The van der Waals surface area contributed by atoms with Gasteiger partial charge >= 0.3 is 0 Å². The highest BCUT2D eigenvalue weighted by molar-refractivity contribution is 6.17. The SMILES string of the molecule is Cc1ccc2nc(CCCl)n(Cc3ccn(C)n3)c2n1. The molecule has 3 aromatic rings. The summed E-state index contributed by atoms with van der Waals surface area (Å²) in [4.78, 5) is 9.23. The third-order valence-electron chi connectivity index (χ3n) is 3.22. The van der Waals surface area contributed by atoms with Crippen LogP contribution < -0.4 is 0 Å². The second-order valence-corrected chi connectivity index (χ2v) is 5.21. The monoisotopic (exact) mass is 289 g/mol. The van der Waals surface area contributed by atoms with Crippen molar-refractivity contribution < 1.29 is 0 Å². The van der Waals surface area contributed by atoms with Gasteiger partial charge in [-0.2, -0.15) is 5.10 Å². The number of fused-ring (bicyclic) bond motifs is 1. The Morgan fingerprint density at radius 2 is 2.05 bits per heavy atom. The van der Waals surface area contributed by atoms with Crippen LogP contribution in [-0.4, -0.2) is 30.2 Å². The summed E-state index contributed by atoms with van der Waals surface area (Å²) >= 11 is 5.88. The van der Waals surface area contributed by atoms with E-state index in [1.54, 1.807) is 4.68 Å². The Labute approximate surface area is 122 Å². The molecule has 3 rings (SSSR count). The molecule has 0 unspecified atom stereocenters. The molecule has 0 bridgehead atoms. The van der Waals surface area contributed by atoms with Crippen LogP contribution in [0.25, 0.3) is 11.2 Å². The quantitative estimate of drug-likeness (QED) is 0.693. The third-order valence-corrected chi connectivity index (χ3v) is 3.41. The van der Waals surface area contributed by atoms with Crippen molar-refractivity contribution in [2.24, 2.45) is 7.05 Å². The number of nitrogens with zero attached hydrogens (tertiary/aromatic N) is 5. The minimum atomic E-state index is 0.546. The first-order valence-electron chi connectivity index (χ1n) is 6.54. The lowest BCUT2D eigenvalue weighted by Gasteiger charge is -2.06. The number of hydrogen-bond donors (Lipinski definition) is 0. The van der Waals surface area contributed by atoms with Gasteiger partial charge in [-0.25, -0.2) is 9.97 Å². The molecule has 0 spiro atoms. The Bertz CT molecular complexity index is 743. The maximum absolute atomic E-state index is 5.88. The van der Waals surface area contributed by atoms with Gasteiger partial charge in [0.05, 0.1) is 12.2 Å². The molecule has 0 aliphatic carbocycles. The van der Waals surface area contributed by atoms with E-state index in [4.69, 9.17) is 11.6 Å². The van der Waals surface area contributed by atoms with Crippen molar-refractivity contribution >= 4 is 22.8 Å². The first kappa shape index (κ1) is 13.1. The molecule has 0 saturated carbocycles. The Hall–Kier alpha value is -1.88. The smallest absolute Gasteiger partial charge is 0.160 e. The fourth-order valence-electron chi connectivity index (χ4n) is 2.29. The molecule has 0 aliphatic rings.